The van der Waals surface area contributed by atoms with E-state index < -0.39 is 0 Å². The maximum atomic E-state index is 12.4. The summed E-state index contributed by atoms with van der Waals surface area (Å²) in [5, 5.41) is 3.09. The largest absolute Gasteiger partial charge is 0.352 e. The molecular formula is C23H31N3OS. The summed E-state index contributed by atoms with van der Waals surface area (Å²) < 4.78 is 0. The van der Waals surface area contributed by atoms with Crippen LogP contribution in [0.5, 0.6) is 0 Å². The van der Waals surface area contributed by atoms with E-state index in [1.165, 1.54) is 11.1 Å². The van der Waals surface area contributed by atoms with Gasteiger partial charge in [-0.05, 0) is 43.0 Å². The molecule has 1 aliphatic rings. The lowest BCUT2D eigenvalue weighted by Crippen LogP contribution is -2.47. The molecule has 0 unspecified atom stereocenters. The fourth-order valence-corrected chi connectivity index (χ4v) is 4.28. The zero-order chi connectivity index (χ0) is 19.8. The highest BCUT2D eigenvalue weighted by Gasteiger charge is 2.25. The second-order valence-electron chi connectivity index (χ2n) is 7.47. The van der Waals surface area contributed by atoms with Crippen LogP contribution < -0.4 is 5.32 Å². The van der Waals surface area contributed by atoms with Gasteiger partial charge in [-0.25, -0.2) is 0 Å². The lowest BCUT2D eigenvalue weighted by Gasteiger charge is -2.40. The predicted molar refractivity (Wildman–Crippen MR) is 119 cm³/mol. The number of rotatable bonds is 8. The number of hydrogen-bond donors (Lipinski definition) is 1. The summed E-state index contributed by atoms with van der Waals surface area (Å²) in [5.74, 6) is 0.965. The third-order valence-corrected chi connectivity index (χ3v) is 5.91. The number of hydrogen-bond acceptors (Lipinski definition) is 4. The van der Waals surface area contributed by atoms with Crippen LogP contribution in [0.25, 0.3) is 0 Å². The highest BCUT2D eigenvalue weighted by molar-refractivity contribution is 7.97. The molecular weight excluding hydrogens is 366 g/mol. The van der Waals surface area contributed by atoms with E-state index in [9.17, 15) is 4.79 Å². The molecule has 1 atom stereocenters. The quantitative estimate of drug-likeness (QED) is 0.690. The first kappa shape index (κ1) is 20.9. The normalized spacial score (nSPS) is 18.1. The summed E-state index contributed by atoms with van der Waals surface area (Å²) in [6.07, 6.45) is 3.04. The number of carbonyl (C=O) groups is 1. The highest BCUT2D eigenvalue weighted by Crippen LogP contribution is 2.24. The van der Waals surface area contributed by atoms with E-state index in [0.717, 1.165) is 43.9 Å². The molecule has 2 aromatic carbocycles. The minimum absolute atomic E-state index is 0.0286. The van der Waals surface area contributed by atoms with E-state index in [4.69, 9.17) is 0 Å². The number of nitrogens with zero attached hydrogens (tertiary/aromatic N) is 2. The van der Waals surface area contributed by atoms with Gasteiger partial charge in [-0.1, -0.05) is 42.5 Å². The van der Waals surface area contributed by atoms with E-state index >= 15 is 0 Å². The van der Waals surface area contributed by atoms with Crippen LogP contribution in [0.3, 0.4) is 0 Å². The Balaban J connectivity index is 1.49. The van der Waals surface area contributed by atoms with Crippen LogP contribution in [0.15, 0.2) is 54.6 Å². The van der Waals surface area contributed by atoms with Gasteiger partial charge < -0.3 is 10.2 Å². The van der Waals surface area contributed by atoms with Crippen molar-refractivity contribution < 1.29 is 4.79 Å². The van der Waals surface area contributed by atoms with Gasteiger partial charge in [0.15, 0.2) is 0 Å². The van der Waals surface area contributed by atoms with Crippen LogP contribution in [0.2, 0.25) is 0 Å². The lowest BCUT2D eigenvalue weighted by atomic mass is 10.0. The maximum Gasteiger partial charge on any atom is 0.251 e. The lowest BCUT2D eigenvalue weighted by molar-refractivity contribution is 0.0866. The van der Waals surface area contributed by atoms with Crippen molar-refractivity contribution in [3.63, 3.8) is 0 Å². The maximum absolute atomic E-state index is 12.4. The van der Waals surface area contributed by atoms with E-state index in [1.807, 2.05) is 18.2 Å². The fourth-order valence-electron chi connectivity index (χ4n) is 3.77. The van der Waals surface area contributed by atoms with Crippen molar-refractivity contribution >= 4 is 17.7 Å². The Morgan fingerprint density at radius 1 is 1.14 bits per heavy atom. The Morgan fingerprint density at radius 3 is 2.75 bits per heavy atom. The smallest absolute Gasteiger partial charge is 0.251 e. The summed E-state index contributed by atoms with van der Waals surface area (Å²) in [4.78, 5) is 17.4. The zero-order valence-corrected chi connectivity index (χ0v) is 17.8. The number of piperazine rings is 1. The summed E-state index contributed by atoms with van der Waals surface area (Å²) >= 11 is 1.77. The Bertz CT molecular complexity index is 753. The molecule has 28 heavy (non-hydrogen) atoms. The van der Waals surface area contributed by atoms with Crippen LogP contribution in [0.4, 0.5) is 0 Å². The van der Waals surface area contributed by atoms with E-state index in [1.54, 1.807) is 11.8 Å². The van der Waals surface area contributed by atoms with Crippen molar-refractivity contribution in [3.8, 4) is 0 Å². The van der Waals surface area contributed by atoms with E-state index in [0.29, 0.717) is 12.6 Å². The average Bonchev–Trinajstić information content (AvgIpc) is 2.73. The Kier molecular flexibility index (Phi) is 7.95. The number of amides is 1. The summed E-state index contributed by atoms with van der Waals surface area (Å²) in [5.41, 5.74) is 3.33. The average molecular weight is 398 g/mol. The van der Waals surface area contributed by atoms with Gasteiger partial charge in [-0.2, -0.15) is 11.8 Å². The number of likely N-dealkylation sites (N-methyl/N-ethyl adjacent to an activating group) is 1. The molecule has 0 radical (unpaired) electrons. The van der Waals surface area contributed by atoms with Gasteiger partial charge in [0, 0.05) is 50.1 Å². The number of thioether (sulfide) groups is 1. The van der Waals surface area contributed by atoms with Crippen LogP contribution in [-0.4, -0.2) is 61.7 Å². The molecule has 0 aliphatic carbocycles. The van der Waals surface area contributed by atoms with E-state index in [2.05, 4.69) is 64.8 Å². The standard InChI is InChI=1S/C23H31N3OS/c1-25-14-15-26(22(17-25)20-9-4-3-5-10-20)13-7-12-24-23(27)21-11-6-8-19(16-21)18-28-2/h3-6,8-11,16,22H,7,12-15,17-18H2,1-2H3,(H,24,27)/t22-/m1/s1. The zero-order valence-electron chi connectivity index (χ0n) is 16.9. The molecule has 1 heterocycles. The first-order chi connectivity index (χ1) is 13.7. The predicted octanol–water partition coefficient (Wildman–Crippen LogP) is 3.66. The molecule has 0 aromatic heterocycles. The van der Waals surface area contributed by atoms with Gasteiger partial charge in [-0.3, -0.25) is 9.69 Å². The first-order valence-electron chi connectivity index (χ1n) is 10.0. The summed E-state index contributed by atoms with van der Waals surface area (Å²) in [7, 11) is 2.19. The van der Waals surface area contributed by atoms with Gasteiger partial charge in [0.05, 0.1) is 0 Å². The SMILES string of the molecule is CSCc1cccc(C(=O)NCCCN2CCN(C)C[C@@H]2c2ccccc2)c1. The van der Waals surface area contributed by atoms with Gasteiger partial charge in [-0.15, -0.1) is 0 Å². The Hall–Kier alpha value is -1.82. The van der Waals surface area contributed by atoms with Gasteiger partial charge >= 0.3 is 0 Å². The van der Waals surface area contributed by atoms with Crippen molar-refractivity contribution in [2.24, 2.45) is 0 Å². The number of carbonyl (C=O) groups excluding carboxylic acids is 1. The second kappa shape index (κ2) is 10.6. The Labute approximate surface area is 173 Å². The molecule has 1 N–H and O–H groups in total. The number of nitrogens with one attached hydrogen (secondary N) is 1. The molecule has 0 bridgehead atoms. The molecule has 150 valence electrons. The molecule has 1 amide bonds. The van der Waals surface area contributed by atoms with Crippen molar-refractivity contribution in [2.45, 2.75) is 18.2 Å². The first-order valence-corrected chi connectivity index (χ1v) is 11.4. The molecule has 1 aliphatic heterocycles. The molecule has 3 rings (SSSR count). The molecule has 0 saturated carbocycles. The third kappa shape index (κ3) is 5.84. The van der Waals surface area contributed by atoms with Crippen LogP contribution in [-0.2, 0) is 5.75 Å². The topological polar surface area (TPSA) is 35.6 Å². The van der Waals surface area contributed by atoms with Crippen molar-refractivity contribution in [3.05, 3.63) is 71.3 Å². The fraction of sp³-hybridized carbons (Fsp3) is 0.435. The minimum atomic E-state index is 0.0286. The van der Waals surface area contributed by atoms with E-state index in [-0.39, 0.29) is 5.91 Å². The molecule has 0 spiro atoms. The van der Waals surface area contributed by atoms with Crippen molar-refractivity contribution in [1.29, 1.82) is 0 Å². The van der Waals surface area contributed by atoms with Crippen molar-refractivity contribution in [1.82, 2.24) is 15.1 Å². The molecule has 5 heteroatoms. The summed E-state index contributed by atoms with van der Waals surface area (Å²) in [6, 6.07) is 19.1. The molecule has 4 nitrogen and oxygen atoms in total. The summed E-state index contributed by atoms with van der Waals surface area (Å²) in [6.45, 7) is 4.93. The Morgan fingerprint density at radius 2 is 1.96 bits per heavy atom. The van der Waals surface area contributed by atoms with Crippen LogP contribution in [0, 0.1) is 0 Å². The number of benzene rings is 2. The van der Waals surface area contributed by atoms with Gasteiger partial charge in [0.2, 0.25) is 0 Å². The van der Waals surface area contributed by atoms with Crippen LogP contribution >= 0.6 is 11.8 Å². The molecule has 1 saturated heterocycles. The highest BCUT2D eigenvalue weighted by atomic mass is 32.2. The molecule has 1 fully saturated rings. The molecule has 2 aromatic rings. The van der Waals surface area contributed by atoms with Crippen LogP contribution in [0.1, 0.15) is 33.9 Å². The van der Waals surface area contributed by atoms with Crippen molar-refractivity contribution in [2.75, 3.05) is 46.0 Å². The monoisotopic (exact) mass is 397 g/mol. The van der Waals surface area contributed by atoms with Gasteiger partial charge in [0.1, 0.15) is 0 Å². The minimum Gasteiger partial charge on any atom is -0.352 e. The second-order valence-corrected chi connectivity index (χ2v) is 8.33. The van der Waals surface area contributed by atoms with Gasteiger partial charge in [0.25, 0.3) is 5.91 Å². The third-order valence-electron chi connectivity index (χ3n) is 5.29.